The monoisotopic (exact) mass is 265 g/mol. The van der Waals surface area contributed by atoms with Gasteiger partial charge in [0, 0.05) is 5.56 Å². The smallest absolute Gasteiger partial charge is 0.258 e. The average Bonchev–Trinajstić information content (AvgIpc) is 3.08. The topological polar surface area (TPSA) is 75.8 Å². The van der Waals surface area contributed by atoms with Crippen LogP contribution in [0.4, 0.5) is 0 Å². The lowest BCUT2D eigenvalue weighted by molar-refractivity contribution is 0.429. The number of nitriles is 1. The summed E-state index contributed by atoms with van der Waals surface area (Å²) in [6.45, 7) is 1.92. The predicted molar refractivity (Wildman–Crippen MR) is 71.5 cm³/mol. The van der Waals surface area contributed by atoms with Crippen molar-refractivity contribution in [2.45, 2.75) is 13.3 Å². The molecular formula is C15H11N3O2. The summed E-state index contributed by atoms with van der Waals surface area (Å²) in [6, 6.07) is 11.5. The molecule has 0 aliphatic carbocycles. The van der Waals surface area contributed by atoms with Crippen LogP contribution in [0.25, 0.3) is 23.0 Å². The Morgan fingerprint density at radius 3 is 2.85 bits per heavy atom. The molecule has 0 spiro atoms. The molecular weight excluding hydrogens is 254 g/mol. The number of aryl methyl sites for hydroxylation is 1. The molecule has 5 heteroatoms. The van der Waals surface area contributed by atoms with Gasteiger partial charge in [-0.05, 0) is 30.2 Å². The molecule has 3 aromatic rings. The highest BCUT2D eigenvalue weighted by Crippen LogP contribution is 2.27. The van der Waals surface area contributed by atoms with E-state index in [1.54, 1.807) is 6.26 Å². The van der Waals surface area contributed by atoms with Gasteiger partial charge in [0.05, 0.1) is 18.8 Å². The molecule has 0 atom stereocenters. The van der Waals surface area contributed by atoms with Crippen LogP contribution < -0.4 is 0 Å². The van der Waals surface area contributed by atoms with Crippen molar-refractivity contribution in [1.82, 2.24) is 10.1 Å². The van der Waals surface area contributed by atoms with E-state index in [9.17, 15) is 0 Å². The van der Waals surface area contributed by atoms with E-state index in [4.69, 9.17) is 14.2 Å². The maximum Gasteiger partial charge on any atom is 0.258 e. The third-order valence-electron chi connectivity index (χ3n) is 3.01. The van der Waals surface area contributed by atoms with Gasteiger partial charge < -0.3 is 8.94 Å². The summed E-state index contributed by atoms with van der Waals surface area (Å²) in [5, 5.41) is 12.8. The molecule has 0 unspecified atom stereocenters. The third kappa shape index (κ3) is 2.08. The lowest BCUT2D eigenvalue weighted by Crippen LogP contribution is -1.88. The molecule has 0 radical (unpaired) electrons. The molecule has 20 heavy (non-hydrogen) atoms. The Morgan fingerprint density at radius 2 is 2.10 bits per heavy atom. The van der Waals surface area contributed by atoms with Crippen molar-refractivity contribution in [3.05, 3.63) is 47.7 Å². The van der Waals surface area contributed by atoms with Gasteiger partial charge in [0.1, 0.15) is 0 Å². The van der Waals surface area contributed by atoms with Gasteiger partial charge in [-0.2, -0.15) is 10.2 Å². The van der Waals surface area contributed by atoms with E-state index in [1.807, 2.05) is 37.3 Å². The maximum absolute atomic E-state index is 8.85. The van der Waals surface area contributed by atoms with Crippen molar-refractivity contribution in [3.63, 3.8) is 0 Å². The molecule has 5 nitrogen and oxygen atoms in total. The van der Waals surface area contributed by atoms with E-state index in [-0.39, 0.29) is 0 Å². The first-order chi connectivity index (χ1) is 9.79. The minimum Gasteiger partial charge on any atom is -0.461 e. The van der Waals surface area contributed by atoms with Gasteiger partial charge in [-0.25, -0.2) is 0 Å². The number of hydrogen-bond acceptors (Lipinski definition) is 5. The number of nitrogens with zero attached hydrogens (tertiary/aromatic N) is 3. The van der Waals surface area contributed by atoms with Crippen molar-refractivity contribution < 1.29 is 8.94 Å². The molecule has 2 aromatic heterocycles. The normalized spacial score (nSPS) is 10.4. The summed E-state index contributed by atoms with van der Waals surface area (Å²) < 4.78 is 10.6. The fraction of sp³-hybridized carbons (Fsp3) is 0.133. The van der Waals surface area contributed by atoms with Crippen LogP contribution in [0, 0.1) is 18.3 Å². The lowest BCUT2D eigenvalue weighted by Gasteiger charge is -2.00. The fourth-order valence-corrected chi connectivity index (χ4v) is 2.00. The Hall–Kier alpha value is -2.87. The second kappa shape index (κ2) is 5.02. The minimum absolute atomic E-state index is 0.299. The molecule has 0 saturated carbocycles. The van der Waals surface area contributed by atoms with Gasteiger partial charge in [0.2, 0.25) is 5.82 Å². The number of aromatic nitrogens is 2. The highest BCUT2D eigenvalue weighted by atomic mass is 16.5. The maximum atomic E-state index is 8.85. The van der Waals surface area contributed by atoms with Crippen LogP contribution in [0.2, 0.25) is 0 Å². The van der Waals surface area contributed by atoms with Gasteiger partial charge >= 0.3 is 0 Å². The standard InChI is InChI=1S/C15H11N3O2/c1-10-7-9-19-13(10)14-17-15(20-18-14)12-5-3-2-4-11(12)6-8-16/h2-5,7,9H,6H2,1H3. The van der Waals surface area contributed by atoms with Crippen LogP contribution in [-0.4, -0.2) is 10.1 Å². The van der Waals surface area contributed by atoms with E-state index in [0.29, 0.717) is 23.9 Å². The summed E-state index contributed by atoms with van der Waals surface area (Å²) in [4.78, 5) is 4.35. The van der Waals surface area contributed by atoms with E-state index < -0.39 is 0 Å². The van der Waals surface area contributed by atoms with Crippen LogP contribution in [0.1, 0.15) is 11.1 Å². The second-order valence-corrected chi connectivity index (χ2v) is 4.35. The number of benzene rings is 1. The first-order valence-electron chi connectivity index (χ1n) is 6.13. The Balaban J connectivity index is 2.03. The third-order valence-corrected chi connectivity index (χ3v) is 3.01. The van der Waals surface area contributed by atoms with E-state index in [0.717, 1.165) is 16.7 Å². The van der Waals surface area contributed by atoms with E-state index >= 15 is 0 Å². The highest BCUT2D eigenvalue weighted by Gasteiger charge is 2.16. The summed E-state index contributed by atoms with van der Waals surface area (Å²) in [7, 11) is 0. The molecule has 0 aliphatic heterocycles. The molecule has 0 fully saturated rings. The number of furan rings is 1. The fourth-order valence-electron chi connectivity index (χ4n) is 2.00. The number of hydrogen-bond donors (Lipinski definition) is 0. The zero-order valence-electron chi connectivity index (χ0n) is 10.8. The van der Waals surface area contributed by atoms with Crippen LogP contribution in [-0.2, 0) is 6.42 Å². The molecule has 98 valence electrons. The molecule has 2 heterocycles. The molecule has 0 aliphatic rings. The van der Waals surface area contributed by atoms with Crippen molar-refractivity contribution in [2.24, 2.45) is 0 Å². The Morgan fingerprint density at radius 1 is 1.25 bits per heavy atom. The zero-order valence-corrected chi connectivity index (χ0v) is 10.8. The molecule has 0 amide bonds. The van der Waals surface area contributed by atoms with E-state index in [2.05, 4.69) is 16.2 Å². The quantitative estimate of drug-likeness (QED) is 0.725. The summed E-state index contributed by atoms with van der Waals surface area (Å²) in [5.41, 5.74) is 2.58. The van der Waals surface area contributed by atoms with Crippen LogP contribution in [0.5, 0.6) is 0 Å². The van der Waals surface area contributed by atoms with Gasteiger partial charge in [-0.3, -0.25) is 0 Å². The number of rotatable bonds is 3. The molecule has 1 aromatic carbocycles. The molecule has 0 saturated heterocycles. The van der Waals surface area contributed by atoms with Crippen molar-refractivity contribution in [2.75, 3.05) is 0 Å². The lowest BCUT2D eigenvalue weighted by atomic mass is 10.1. The zero-order chi connectivity index (χ0) is 13.9. The summed E-state index contributed by atoms with van der Waals surface area (Å²) in [5.74, 6) is 1.40. The largest absolute Gasteiger partial charge is 0.461 e. The first-order valence-corrected chi connectivity index (χ1v) is 6.13. The minimum atomic E-state index is 0.299. The van der Waals surface area contributed by atoms with Crippen LogP contribution >= 0.6 is 0 Å². The SMILES string of the molecule is Cc1ccoc1-c1noc(-c2ccccc2CC#N)n1. The van der Waals surface area contributed by atoms with Crippen LogP contribution in [0.3, 0.4) is 0 Å². The van der Waals surface area contributed by atoms with Crippen LogP contribution in [0.15, 0.2) is 45.5 Å². The molecule has 0 bridgehead atoms. The van der Waals surface area contributed by atoms with Gasteiger partial charge in [-0.1, -0.05) is 23.4 Å². The first kappa shape index (κ1) is 12.2. The van der Waals surface area contributed by atoms with Crippen molar-refractivity contribution in [3.8, 4) is 29.1 Å². The van der Waals surface area contributed by atoms with Gasteiger partial charge in [-0.15, -0.1) is 0 Å². The Labute approximate surface area is 115 Å². The Bertz CT molecular complexity index is 780. The Kier molecular flexibility index (Phi) is 3.05. The molecule has 3 rings (SSSR count). The van der Waals surface area contributed by atoms with Gasteiger partial charge in [0.15, 0.2) is 5.76 Å². The molecule has 0 N–H and O–H groups in total. The predicted octanol–water partition coefficient (Wildman–Crippen LogP) is 3.37. The second-order valence-electron chi connectivity index (χ2n) is 4.35. The summed E-state index contributed by atoms with van der Waals surface area (Å²) in [6.07, 6.45) is 1.89. The van der Waals surface area contributed by atoms with Crippen molar-refractivity contribution >= 4 is 0 Å². The van der Waals surface area contributed by atoms with E-state index in [1.165, 1.54) is 0 Å². The highest BCUT2D eigenvalue weighted by molar-refractivity contribution is 5.62. The average molecular weight is 265 g/mol. The van der Waals surface area contributed by atoms with Crippen molar-refractivity contribution in [1.29, 1.82) is 5.26 Å². The van der Waals surface area contributed by atoms with Gasteiger partial charge in [0.25, 0.3) is 5.89 Å². The summed E-state index contributed by atoms with van der Waals surface area (Å²) >= 11 is 0.